The second-order valence-electron chi connectivity index (χ2n) is 17.3. The van der Waals surface area contributed by atoms with Crippen LogP contribution in [0.1, 0.15) is 0 Å². The van der Waals surface area contributed by atoms with Crippen LogP contribution >= 0.6 is 0 Å². The van der Waals surface area contributed by atoms with Crippen LogP contribution in [0, 0.1) is 0 Å². The number of amides is 1. The molecule has 0 saturated carbocycles. The molecule has 0 radical (unpaired) electrons. The second-order valence-corrected chi connectivity index (χ2v) is 17.3. The van der Waals surface area contributed by atoms with Gasteiger partial charge in [0.25, 0.3) is 0 Å². The molecule has 10 rings (SSSR count). The molecule has 0 aliphatic carbocycles. The van der Waals surface area contributed by atoms with E-state index < -0.39 is 0 Å². The molecule has 0 spiro atoms. The number of carbonyl (C=O) groups is 1. The summed E-state index contributed by atoms with van der Waals surface area (Å²) in [6.45, 7) is 11.6. The van der Waals surface area contributed by atoms with Crippen molar-refractivity contribution in [2.75, 3.05) is 112 Å². The summed E-state index contributed by atoms with van der Waals surface area (Å²) in [5, 5.41) is 10.9. The number of likely N-dealkylation sites (N-methyl/N-ethyl adjacent to an activating group) is 2. The number of carbonyl (C=O) groups excluding carboxylic acids is 1. The van der Waals surface area contributed by atoms with Gasteiger partial charge in [0.15, 0.2) is 0 Å². The highest BCUT2D eigenvalue weighted by Crippen LogP contribution is 2.37. The molecule has 6 aromatic carbocycles. The van der Waals surface area contributed by atoms with Crippen LogP contribution in [0.4, 0.5) is 46.0 Å². The van der Waals surface area contributed by atoms with Gasteiger partial charge in [-0.2, -0.15) is 9.97 Å². The molecule has 8 aromatic rings. The molecule has 72 heavy (non-hydrogen) atoms. The Hall–Kier alpha value is -8.67. The minimum Gasteiger partial charge on any atom is -0.494 e. The number of hydrogen-bond acceptors (Lipinski definition) is 16. The van der Waals surface area contributed by atoms with Gasteiger partial charge in [0.1, 0.15) is 23.0 Å². The molecule has 2 aliphatic rings. The van der Waals surface area contributed by atoms with Crippen LogP contribution in [-0.2, 0) is 4.79 Å². The normalized spacial score (nSPS) is 13.9. The first-order chi connectivity index (χ1) is 35.1. The molecule has 0 unspecified atom stereocenters. The van der Waals surface area contributed by atoms with Crippen LogP contribution in [-0.4, -0.2) is 116 Å². The smallest absolute Gasteiger partial charge is 0.247 e. The molecule has 2 saturated heterocycles. The first-order valence-corrected chi connectivity index (χ1v) is 23.7. The number of benzene rings is 6. The molecule has 5 N–H and O–H groups in total. The number of hydrogen-bond donors (Lipinski definition) is 4. The van der Waals surface area contributed by atoms with Crippen LogP contribution in [0.25, 0.3) is 21.8 Å². The third-order valence-corrected chi connectivity index (χ3v) is 12.3. The zero-order chi connectivity index (χ0) is 50.0. The lowest BCUT2D eigenvalue weighted by atomic mass is 10.2. The zero-order valence-corrected chi connectivity index (χ0v) is 40.8. The average Bonchev–Trinajstić information content (AvgIpc) is 3.39. The number of rotatable bonds is 14. The predicted octanol–water partition coefficient (Wildman–Crippen LogP) is 9.56. The van der Waals surface area contributed by atoms with Crippen LogP contribution in [0.3, 0.4) is 0 Å². The van der Waals surface area contributed by atoms with Gasteiger partial charge in [-0.1, -0.05) is 43.0 Å². The zero-order valence-electron chi connectivity index (χ0n) is 40.8. The van der Waals surface area contributed by atoms with Crippen LogP contribution in [0.5, 0.6) is 34.8 Å². The van der Waals surface area contributed by atoms with Gasteiger partial charge in [-0.05, 0) is 93.0 Å². The summed E-state index contributed by atoms with van der Waals surface area (Å²) in [4.78, 5) is 39.8. The van der Waals surface area contributed by atoms with Gasteiger partial charge in [0.2, 0.25) is 29.6 Å². The van der Waals surface area contributed by atoms with Crippen molar-refractivity contribution in [2.45, 2.75) is 0 Å². The summed E-state index contributed by atoms with van der Waals surface area (Å²) < 4.78 is 23.7. The number of fused-ring (bicyclic) bond motifs is 2. The third kappa shape index (κ3) is 11.8. The maximum absolute atomic E-state index is 11.7. The third-order valence-electron chi connectivity index (χ3n) is 12.3. The Morgan fingerprint density at radius 3 is 1.51 bits per heavy atom. The number of anilines is 8. The first-order valence-electron chi connectivity index (χ1n) is 23.7. The van der Waals surface area contributed by atoms with E-state index in [1.54, 1.807) is 44.6 Å². The lowest BCUT2D eigenvalue weighted by Crippen LogP contribution is -2.44. The summed E-state index contributed by atoms with van der Waals surface area (Å²) in [6, 6.07) is 42.0. The highest BCUT2D eigenvalue weighted by molar-refractivity contribution is 5.99. The maximum atomic E-state index is 11.7. The van der Waals surface area contributed by atoms with Crippen LogP contribution in [0.15, 0.2) is 146 Å². The monoisotopic (exact) mass is 966 g/mol. The standard InChI is InChI=1S/C29H30N6O3.C26H28N6O2/c1-4-27(36)30-20-8-7-9-22(18-20)38-28-23-10-5-6-11-24(23)31-29(33-28)32-25-13-12-21(19-26(25)37-3)35-16-14-34(2)15-17-35;1-31-12-14-32(15-13-31)19-10-11-23(24(17-19)33-2)29-26-28-22-9-4-3-8-21(22)25(30-26)34-20-7-5-6-18(27)16-20/h4-13,18-19H,1,14-17H2,2-3H3,(H,30,36)(H,31,32,33);3-11,16-17H,12-15,27H2,1-2H3,(H,28,29,30). The average molecular weight is 967 g/mol. The van der Waals surface area contributed by atoms with Crippen molar-refractivity contribution in [3.05, 3.63) is 146 Å². The van der Waals surface area contributed by atoms with Crippen LogP contribution < -0.4 is 50.4 Å². The van der Waals surface area contributed by atoms with Gasteiger partial charge in [-0.3, -0.25) is 4.79 Å². The molecule has 2 aromatic heterocycles. The molecule has 368 valence electrons. The van der Waals surface area contributed by atoms with Crippen molar-refractivity contribution in [1.29, 1.82) is 0 Å². The van der Waals surface area contributed by atoms with Gasteiger partial charge in [-0.25, -0.2) is 9.97 Å². The van der Waals surface area contributed by atoms with E-state index in [4.69, 9.17) is 29.7 Å². The van der Waals surface area contributed by atoms with E-state index in [9.17, 15) is 4.79 Å². The SMILES string of the molecule is C=CC(=O)Nc1cccc(Oc2nc(Nc3ccc(N4CCN(C)CC4)cc3OC)nc3ccccc23)c1.COc1cc(N2CCN(C)CC2)ccc1Nc1nc(Oc2cccc(N)c2)c2ccccc2n1. The van der Waals surface area contributed by atoms with Crippen molar-refractivity contribution in [1.82, 2.24) is 29.7 Å². The number of piperazine rings is 2. The number of aromatic nitrogens is 4. The number of nitrogens with one attached hydrogen (secondary N) is 3. The van der Waals surface area contributed by atoms with Crippen molar-refractivity contribution in [3.63, 3.8) is 0 Å². The topological polar surface area (TPSA) is 181 Å². The van der Waals surface area contributed by atoms with E-state index in [1.807, 2.05) is 84.9 Å². The van der Waals surface area contributed by atoms with E-state index in [0.717, 1.165) is 103 Å². The summed E-state index contributed by atoms with van der Waals surface area (Å²) in [6.07, 6.45) is 1.22. The van der Waals surface area contributed by atoms with Crippen molar-refractivity contribution < 1.29 is 23.7 Å². The molecule has 17 heteroatoms. The van der Waals surface area contributed by atoms with E-state index in [1.165, 1.54) is 6.08 Å². The number of methoxy groups -OCH3 is 2. The minimum atomic E-state index is -0.297. The summed E-state index contributed by atoms with van der Waals surface area (Å²) in [5.74, 6) is 3.90. The number of nitrogens with two attached hydrogens (primary N) is 1. The molecular formula is C55H58N12O5. The molecule has 4 heterocycles. The molecular weight excluding hydrogens is 909 g/mol. The van der Waals surface area contributed by atoms with Gasteiger partial charge in [0, 0.05) is 99.4 Å². The van der Waals surface area contributed by atoms with Crippen molar-refractivity contribution >= 4 is 73.7 Å². The first kappa shape index (κ1) is 48.4. The molecule has 0 bridgehead atoms. The van der Waals surface area contributed by atoms with Crippen molar-refractivity contribution in [3.8, 4) is 34.8 Å². The molecule has 17 nitrogen and oxygen atoms in total. The van der Waals surface area contributed by atoms with Gasteiger partial charge in [0.05, 0.1) is 47.4 Å². The van der Waals surface area contributed by atoms with Gasteiger partial charge in [-0.15, -0.1) is 0 Å². The number of nitrogens with zero attached hydrogens (tertiary/aromatic N) is 8. The van der Waals surface area contributed by atoms with E-state index in [0.29, 0.717) is 52.3 Å². The fourth-order valence-electron chi connectivity index (χ4n) is 8.32. The van der Waals surface area contributed by atoms with Crippen LogP contribution in [0.2, 0.25) is 0 Å². The number of nitrogen functional groups attached to an aromatic ring is 1. The Morgan fingerprint density at radius 2 is 1.04 bits per heavy atom. The Kier molecular flexibility index (Phi) is 15.0. The van der Waals surface area contributed by atoms with Gasteiger partial charge < -0.3 is 60.2 Å². The largest absolute Gasteiger partial charge is 0.494 e. The fraction of sp³-hybridized carbons (Fsp3) is 0.218. The molecule has 0 atom stereocenters. The Balaban J connectivity index is 0.000000179. The molecule has 2 fully saturated rings. The van der Waals surface area contributed by atoms with E-state index in [-0.39, 0.29) is 5.91 Å². The quantitative estimate of drug-likeness (QED) is 0.0597. The lowest BCUT2D eigenvalue weighted by molar-refractivity contribution is -0.111. The lowest BCUT2D eigenvalue weighted by Gasteiger charge is -2.34. The maximum Gasteiger partial charge on any atom is 0.247 e. The molecule has 2 aliphatic heterocycles. The van der Waals surface area contributed by atoms with Gasteiger partial charge >= 0.3 is 0 Å². The fourth-order valence-corrected chi connectivity index (χ4v) is 8.32. The Labute approximate surface area is 418 Å². The Morgan fingerprint density at radius 1 is 0.569 bits per heavy atom. The molecule has 1 amide bonds. The van der Waals surface area contributed by atoms with Crippen molar-refractivity contribution in [2.24, 2.45) is 0 Å². The highest BCUT2D eigenvalue weighted by Gasteiger charge is 2.20. The summed E-state index contributed by atoms with van der Waals surface area (Å²) >= 11 is 0. The highest BCUT2D eigenvalue weighted by atomic mass is 16.5. The predicted molar refractivity (Wildman–Crippen MR) is 287 cm³/mol. The number of ether oxygens (including phenoxy) is 4. The van der Waals surface area contributed by atoms with E-state index in [2.05, 4.69) is 89.4 Å². The Bertz CT molecular complexity index is 3190. The number of para-hydroxylation sites is 2. The summed E-state index contributed by atoms with van der Waals surface area (Å²) in [7, 11) is 7.62. The second kappa shape index (κ2) is 22.4. The summed E-state index contributed by atoms with van der Waals surface area (Å²) in [5.41, 5.74) is 12.4. The van der Waals surface area contributed by atoms with E-state index >= 15 is 0 Å². The minimum absolute atomic E-state index is 0.297.